The quantitative estimate of drug-likeness (QED) is 0.597. The van der Waals surface area contributed by atoms with Gasteiger partial charge in [0.25, 0.3) is 0 Å². The van der Waals surface area contributed by atoms with Crippen molar-refractivity contribution in [2.45, 2.75) is 59.1 Å². The Balaban J connectivity index is 2.44. The Morgan fingerprint density at radius 3 is 2.26 bits per heavy atom. The maximum atomic E-state index is 13.1. The Morgan fingerprint density at radius 2 is 1.78 bits per heavy atom. The Bertz CT molecular complexity index is 818. The molecule has 2 rings (SSSR count). The molecule has 0 fully saturated rings. The predicted octanol–water partition coefficient (Wildman–Crippen LogP) is 4.78. The Morgan fingerprint density at radius 1 is 1.19 bits per heavy atom. The molecule has 0 bridgehead atoms. The number of thioether (sulfide) groups is 1. The van der Waals surface area contributed by atoms with Crippen LogP contribution < -0.4 is 0 Å². The van der Waals surface area contributed by atoms with E-state index in [1.165, 1.54) is 6.92 Å². The smallest absolute Gasteiger partial charge is 0.194 e. The lowest BCUT2D eigenvalue weighted by atomic mass is 9.59. The number of carbonyl (C=O) groups excluding carboxylic acids is 2. The minimum atomic E-state index is -1.04. The number of hydrogen-bond donors (Lipinski definition) is 1. The Labute approximate surface area is 166 Å². The molecule has 27 heavy (non-hydrogen) atoms. The van der Waals surface area contributed by atoms with Crippen LogP contribution in [-0.4, -0.2) is 26.2 Å². The zero-order valence-electron chi connectivity index (χ0n) is 17.6. The number of nitrogens with zero attached hydrogens (tertiary/aromatic N) is 1. The first-order valence-electron chi connectivity index (χ1n) is 9.20. The van der Waals surface area contributed by atoms with E-state index in [1.807, 2.05) is 33.9 Å². The largest absolute Gasteiger partial charge is 0.385 e. The number of aliphatic hydroxyl groups is 1. The van der Waals surface area contributed by atoms with Gasteiger partial charge in [-0.05, 0) is 28.7 Å². The summed E-state index contributed by atoms with van der Waals surface area (Å²) in [5.41, 5.74) is -0.504. The summed E-state index contributed by atoms with van der Waals surface area (Å²) in [5.74, 6) is -0.300. The molecule has 0 aromatic carbocycles. The summed E-state index contributed by atoms with van der Waals surface area (Å²) in [5, 5.41) is 12.2. The molecule has 1 N–H and O–H groups in total. The lowest BCUT2D eigenvalue weighted by molar-refractivity contribution is -0.109. The van der Waals surface area contributed by atoms with Gasteiger partial charge in [0.1, 0.15) is 0 Å². The van der Waals surface area contributed by atoms with Crippen LogP contribution in [-0.2, 0) is 11.8 Å². The molecule has 5 heteroatoms. The number of rotatable bonds is 3. The molecular formula is C22H31NO3S. The highest BCUT2D eigenvalue weighted by Gasteiger charge is 2.49. The van der Waals surface area contributed by atoms with Crippen LogP contribution in [0.1, 0.15) is 58.8 Å². The molecular weight excluding hydrogens is 358 g/mol. The van der Waals surface area contributed by atoms with Gasteiger partial charge in [-0.15, -0.1) is 0 Å². The zero-order chi connectivity index (χ0) is 20.8. The molecule has 1 aliphatic rings. The van der Waals surface area contributed by atoms with E-state index in [-0.39, 0.29) is 27.6 Å². The van der Waals surface area contributed by atoms with Gasteiger partial charge < -0.3 is 9.67 Å². The summed E-state index contributed by atoms with van der Waals surface area (Å²) in [6, 6.07) is 1.75. The normalized spacial score (nSPS) is 23.3. The number of Topliss-reactive ketones (excluding diaryl/α,β-unsaturated/α-hetero) is 1. The second-order valence-corrected chi connectivity index (χ2v) is 10.7. The number of allylic oxidation sites excluding steroid dienone is 2. The highest BCUT2D eigenvalue weighted by Crippen LogP contribution is 2.48. The van der Waals surface area contributed by atoms with Crippen LogP contribution in [0.3, 0.4) is 0 Å². The lowest BCUT2D eigenvalue weighted by Gasteiger charge is -2.49. The molecule has 1 aromatic heterocycles. The van der Waals surface area contributed by atoms with Crippen molar-refractivity contribution in [1.29, 1.82) is 0 Å². The van der Waals surface area contributed by atoms with Crippen molar-refractivity contribution in [3.8, 4) is 0 Å². The molecule has 1 heterocycles. The van der Waals surface area contributed by atoms with Crippen molar-refractivity contribution < 1.29 is 14.7 Å². The van der Waals surface area contributed by atoms with Crippen LogP contribution in [0.2, 0.25) is 0 Å². The van der Waals surface area contributed by atoms with Gasteiger partial charge in [-0.1, -0.05) is 59.8 Å². The van der Waals surface area contributed by atoms with Crippen molar-refractivity contribution in [2.24, 2.45) is 23.8 Å². The topological polar surface area (TPSA) is 59.3 Å². The van der Waals surface area contributed by atoms with Gasteiger partial charge in [-0.2, -0.15) is 0 Å². The second kappa shape index (κ2) is 7.10. The van der Waals surface area contributed by atoms with Crippen LogP contribution in [0, 0.1) is 16.7 Å². The lowest BCUT2D eigenvalue weighted by Crippen LogP contribution is -2.52. The van der Waals surface area contributed by atoms with Gasteiger partial charge in [0.05, 0.1) is 10.6 Å². The van der Waals surface area contributed by atoms with Crippen LogP contribution in [0.5, 0.6) is 0 Å². The summed E-state index contributed by atoms with van der Waals surface area (Å²) >= 11 is 1.11. The van der Waals surface area contributed by atoms with Gasteiger partial charge in [-0.3, -0.25) is 9.59 Å². The van der Waals surface area contributed by atoms with Crippen molar-refractivity contribution in [2.75, 3.05) is 0 Å². The van der Waals surface area contributed by atoms with E-state index in [1.54, 1.807) is 29.0 Å². The number of aryl methyl sites for hydroxylation is 1. The van der Waals surface area contributed by atoms with Gasteiger partial charge in [0.2, 0.25) is 0 Å². The van der Waals surface area contributed by atoms with E-state index in [4.69, 9.17) is 0 Å². The fraction of sp³-hybridized carbons (Fsp3) is 0.545. The molecule has 0 amide bonds. The number of ketones is 1. The van der Waals surface area contributed by atoms with Crippen LogP contribution >= 0.6 is 11.8 Å². The maximum Gasteiger partial charge on any atom is 0.194 e. The standard InChI is InChI=1S/C22H31NO3S/c1-14(24)27-18-12-16(13-23(18)8)19(25)15-9-10-22(26,21(5,6)7)17(11-15)20(2,3)4/h9-13,17,26H,1-8H3. The average molecular weight is 390 g/mol. The summed E-state index contributed by atoms with van der Waals surface area (Å²) in [7, 11) is 1.82. The molecule has 2 atom stereocenters. The average Bonchev–Trinajstić information content (AvgIpc) is 2.85. The van der Waals surface area contributed by atoms with Gasteiger partial charge in [0, 0.05) is 37.2 Å². The molecule has 0 aliphatic heterocycles. The van der Waals surface area contributed by atoms with E-state index >= 15 is 0 Å². The van der Waals surface area contributed by atoms with Crippen molar-refractivity contribution in [3.63, 3.8) is 0 Å². The highest BCUT2D eigenvalue weighted by atomic mass is 32.2. The third kappa shape index (κ3) is 4.30. The fourth-order valence-electron chi connectivity index (χ4n) is 3.54. The zero-order valence-corrected chi connectivity index (χ0v) is 18.4. The first-order chi connectivity index (χ1) is 12.2. The third-order valence-electron chi connectivity index (χ3n) is 5.20. The number of hydrogen-bond acceptors (Lipinski definition) is 4. The molecule has 0 spiro atoms. The predicted molar refractivity (Wildman–Crippen MR) is 111 cm³/mol. The molecule has 0 saturated carbocycles. The van der Waals surface area contributed by atoms with Crippen molar-refractivity contribution in [3.05, 3.63) is 41.6 Å². The minimum absolute atomic E-state index is 0.0185. The van der Waals surface area contributed by atoms with E-state index < -0.39 is 5.60 Å². The first-order valence-corrected chi connectivity index (χ1v) is 10.0. The fourth-order valence-corrected chi connectivity index (χ4v) is 4.22. The maximum absolute atomic E-state index is 13.1. The van der Waals surface area contributed by atoms with Crippen LogP contribution in [0.15, 0.2) is 41.1 Å². The van der Waals surface area contributed by atoms with Crippen LogP contribution in [0.4, 0.5) is 0 Å². The highest BCUT2D eigenvalue weighted by molar-refractivity contribution is 8.13. The second-order valence-electron chi connectivity index (χ2n) is 9.48. The summed E-state index contributed by atoms with van der Waals surface area (Å²) < 4.78 is 1.79. The molecule has 1 aliphatic carbocycles. The van der Waals surface area contributed by atoms with E-state index in [0.717, 1.165) is 16.8 Å². The molecule has 4 nitrogen and oxygen atoms in total. The monoisotopic (exact) mass is 389 g/mol. The number of carbonyl (C=O) groups is 2. The molecule has 0 saturated heterocycles. The van der Waals surface area contributed by atoms with Gasteiger partial charge in [-0.25, -0.2) is 0 Å². The minimum Gasteiger partial charge on any atom is -0.385 e. The molecule has 2 unspecified atom stereocenters. The van der Waals surface area contributed by atoms with Crippen LogP contribution in [0.25, 0.3) is 0 Å². The third-order valence-corrected chi connectivity index (χ3v) is 6.11. The van der Waals surface area contributed by atoms with Crippen molar-refractivity contribution in [1.82, 2.24) is 4.57 Å². The number of aromatic nitrogens is 1. The summed E-state index contributed by atoms with van der Waals surface area (Å²) in [4.78, 5) is 24.5. The summed E-state index contributed by atoms with van der Waals surface area (Å²) in [6.07, 6.45) is 7.18. The molecule has 148 valence electrons. The summed E-state index contributed by atoms with van der Waals surface area (Å²) in [6.45, 7) is 13.8. The van der Waals surface area contributed by atoms with E-state index in [2.05, 4.69) is 20.8 Å². The van der Waals surface area contributed by atoms with Gasteiger partial charge in [0.15, 0.2) is 10.9 Å². The van der Waals surface area contributed by atoms with Gasteiger partial charge >= 0.3 is 0 Å². The SMILES string of the molecule is CC(=O)Sc1cc(C(=O)C2=CC(C(C)(C)C)C(O)(C(C)(C)C)C=C2)cn1C. The Hall–Kier alpha value is -1.59. The first kappa shape index (κ1) is 21.7. The van der Waals surface area contributed by atoms with E-state index in [9.17, 15) is 14.7 Å². The molecule has 1 aromatic rings. The van der Waals surface area contributed by atoms with E-state index in [0.29, 0.717) is 11.1 Å². The molecule has 0 radical (unpaired) electrons. The Kier molecular flexibility index (Phi) is 5.71. The van der Waals surface area contributed by atoms with Crippen molar-refractivity contribution >= 4 is 22.7 Å².